The molecule has 4 N–H and O–H groups in total. The highest BCUT2D eigenvalue weighted by Crippen LogP contribution is 2.19. The van der Waals surface area contributed by atoms with Gasteiger partial charge in [0, 0.05) is 6.04 Å². The van der Waals surface area contributed by atoms with Crippen LogP contribution in [0.3, 0.4) is 0 Å². The van der Waals surface area contributed by atoms with Crippen LogP contribution in [0.25, 0.3) is 0 Å². The molecule has 7 heteroatoms. The molecular formula is C13H19N3O4. The number of rotatable bonds is 5. The van der Waals surface area contributed by atoms with Crippen LogP contribution < -0.4 is 16.0 Å². The maximum atomic E-state index is 11.7. The molecule has 0 bridgehead atoms. The first-order chi connectivity index (χ1) is 9.45. The number of urea groups is 1. The maximum absolute atomic E-state index is 11.7. The summed E-state index contributed by atoms with van der Waals surface area (Å²) < 4.78 is 0. The average Bonchev–Trinajstić information content (AvgIpc) is 3.05. The van der Waals surface area contributed by atoms with E-state index in [0.717, 1.165) is 12.8 Å². The number of aliphatic carboxylic acids is 1. The number of carbonyl (C=O) groups is 3. The Labute approximate surface area is 116 Å². The van der Waals surface area contributed by atoms with Crippen LogP contribution >= 0.6 is 0 Å². The molecule has 110 valence electrons. The summed E-state index contributed by atoms with van der Waals surface area (Å²) in [6, 6.07) is -1.14. The van der Waals surface area contributed by atoms with Crippen LogP contribution in [0.4, 0.5) is 4.79 Å². The highest BCUT2D eigenvalue weighted by Gasteiger charge is 2.28. The van der Waals surface area contributed by atoms with Gasteiger partial charge in [0.15, 0.2) is 0 Å². The fraction of sp³-hybridized carbons (Fsp3) is 0.615. The van der Waals surface area contributed by atoms with E-state index < -0.39 is 24.0 Å². The van der Waals surface area contributed by atoms with E-state index in [9.17, 15) is 14.4 Å². The largest absolute Gasteiger partial charge is 0.481 e. The molecule has 3 amide bonds. The third kappa shape index (κ3) is 3.97. The van der Waals surface area contributed by atoms with E-state index in [4.69, 9.17) is 5.11 Å². The van der Waals surface area contributed by atoms with Crippen molar-refractivity contribution in [3.05, 3.63) is 12.2 Å². The molecule has 0 spiro atoms. The summed E-state index contributed by atoms with van der Waals surface area (Å²) in [7, 11) is 0. The maximum Gasteiger partial charge on any atom is 0.315 e. The Morgan fingerprint density at radius 2 is 1.90 bits per heavy atom. The Hall–Kier alpha value is -2.05. The predicted molar refractivity (Wildman–Crippen MR) is 71.0 cm³/mol. The van der Waals surface area contributed by atoms with Gasteiger partial charge in [-0.15, -0.1) is 0 Å². The van der Waals surface area contributed by atoms with Crippen molar-refractivity contribution in [2.24, 2.45) is 5.92 Å². The standard InChI is InChI=1S/C13H19N3O4/c1-7(11(17)15-9-4-5-9)14-13(20)16-10-3-2-8(6-10)12(18)19/h2-3,7-10H,4-6H2,1H3,(H,15,17)(H,18,19)(H2,14,16,20). The molecule has 0 radical (unpaired) electrons. The normalized spacial score (nSPS) is 25.9. The first-order valence-electron chi connectivity index (χ1n) is 6.74. The summed E-state index contributed by atoms with van der Waals surface area (Å²) in [5.41, 5.74) is 0. The van der Waals surface area contributed by atoms with Gasteiger partial charge in [-0.3, -0.25) is 9.59 Å². The lowest BCUT2D eigenvalue weighted by atomic mass is 10.1. The van der Waals surface area contributed by atoms with Crippen molar-refractivity contribution in [1.29, 1.82) is 0 Å². The number of carboxylic acids is 1. The fourth-order valence-electron chi connectivity index (χ4n) is 2.02. The van der Waals surface area contributed by atoms with Crippen LogP contribution in [0.2, 0.25) is 0 Å². The number of amides is 3. The zero-order chi connectivity index (χ0) is 14.7. The molecule has 0 aromatic rings. The van der Waals surface area contributed by atoms with Crippen molar-refractivity contribution in [1.82, 2.24) is 16.0 Å². The molecule has 0 heterocycles. The van der Waals surface area contributed by atoms with Gasteiger partial charge >= 0.3 is 12.0 Å². The molecular weight excluding hydrogens is 262 g/mol. The van der Waals surface area contributed by atoms with E-state index in [2.05, 4.69) is 16.0 Å². The smallest absolute Gasteiger partial charge is 0.315 e. The quantitative estimate of drug-likeness (QED) is 0.531. The van der Waals surface area contributed by atoms with Gasteiger partial charge in [-0.2, -0.15) is 0 Å². The number of hydrogen-bond donors (Lipinski definition) is 4. The van der Waals surface area contributed by atoms with Crippen LogP contribution in [-0.2, 0) is 9.59 Å². The summed E-state index contributed by atoms with van der Waals surface area (Å²) >= 11 is 0. The minimum Gasteiger partial charge on any atom is -0.481 e. The lowest BCUT2D eigenvalue weighted by Gasteiger charge is -2.17. The van der Waals surface area contributed by atoms with Gasteiger partial charge in [0.1, 0.15) is 6.04 Å². The second-order valence-corrected chi connectivity index (χ2v) is 5.29. The number of hydrogen-bond acceptors (Lipinski definition) is 3. The average molecular weight is 281 g/mol. The number of nitrogens with one attached hydrogen (secondary N) is 3. The van der Waals surface area contributed by atoms with Crippen molar-refractivity contribution in [3.63, 3.8) is 0 Å². The van der Waals surface area contributed by atoms with Crippen LogP contribution in [0, 0.1) is 5.92 Å². The molecule has 2 aliphatic carbocycles. The second-order valence-electron chi connectivity index (χ2n) is 5.29. The molecule has 1 fully saturated rings. The van der Waals surface area contributed by atoms with Crippen molar-refractivity contribution < 1.29 is 19.5 Å². The minimum atomic E-state index is -0.900. The highest BCUT2D eigenvalue weighted by atomic mass is 16.4. The fourth-order valence-corrected chi connectivity index (χ4v) is 2.02. The molecule has 7 nitrogen and oxygen atoms in total. The predicted octanol–water partition coefficient (Wildman–Crippen LogP) is -0.0180. The monoisotopic (exact) mass is 281 g/mol. The lowest BCUT2D eigenvalue weighted by molar-refractivity contribution is -0.140. The van der Waals surface area contributed by atoms with E-state index in [1.807, 2.05) is 0 Å². The van der Waals surface area contributed by atoms with E-state index in [1.54, 1.807) is 19.1 Å². The molecule has 3 atom stereocenters. The Balaban J connectivity index is 1.71. The summed E-state index contributed by atoms with van der Waals surface area (Å²) in [6.45, 7) is 1.61. The second kappa shape index (κ2) is 5.94. The van der Waals surface area contributed by atoms with Crippen LogP contribution in [0.5, 0.6) is 0 Å². The van der Waals surface area contributed by atoms with E-state index in [0.29, 0.717) is 6.42 Å². The molecule has 20 heavy (non-hydrogen) atoms. The third-order valence-corrected chi connectivity index (χ3v) is 3.38. The van der Waals surface area contributed by atoms with Gasteiger partial charge in [0.2, 0.25) is 5.91 Å². The van der Waals surface area contributed by atoms with Gasteiger partial charge in [0.25, 0.3) is 0 Å². The molecule has 2 aliphatic rings. The van der Waals surface area contributed by atoms with Gasteiger partial charge in [-0.25, -0.2) is 4.79 Å². The van der Waals surface area contributed by atoms with Gasteiger partial charge in [0.05, 0.1) is 12.0 Å². The minimum absolute atomic E-state index is 0.201. The summed E-state index contributed by atoms with van der Waals surface area (Å²) in [5.74, 6) is -1.66. The van der Waals surface area contributed by atoms with Crippen LogP contribution in [0.15, 0.2) is 12.2 Å². The Morgan fingerprint density at radius 1 is 1.20 bits per heavy atom. The first kappa shape index (κ1) is 14.4. The first-order valence-corrected chi connectivity index (χ1v) is 6.74. The molecule has 3 unspecified atom stereocenters. The van der Waals surface area contributed by atoms with Crippen LogP contribution in [-0.4, -0.2) is 41.1 Å². The van der Waals surface area contributed by atoms with E-state index in [1.165, 1.54) is 0 Å². The zero-order valence-corrected chi connectivity index (χ0v) is 11.3. The number of carboxylic acid groups (broad SMARTS) is 1. The summed E-state index contributed by atoms with van der Waals surface area (Å²) in [4.78, 5) is 34.1. The van der Waals surface area contributed by atoms with Crippen LogP contribution in [0.1, 0.15) is 26.2 Å². The molecule has 0 saturated heterocycles. The van der Waals surface area contributed by atoms with Crippen molar-refractivity contribution >= 4 is 17.9 Å². The van der Waals surface area contributed by atoms with Gasteiger partial charge < -0.3 is 21.1 Å². The van der Waals surface area contributed by atoms with Gasteiger partial charge in [-0.05, 0) is 26.2 Å². The highest BCUT2D eigenvalue weighted by molar-refractivity contribution is 5.87. The Kier molecular flexibility index (Phi) is 4.26. The molecule has 0 aromatic carbocycles. The lowest BCUT2D eigenvalue weighted by Crippen LogP contribution is -2.50. The Morgan fingerprint density at radius 3 is 2.45 bits per heavy atom. The van der Waals surface area contributed by atoms with Crippen molar-refractivity contribution in [3.8, 4) is 0 Å². The molecule has 0 aromatic heterocycles. The summed E-state index contributed by atoms with van der Waals surface area (Å²) in [6.07, 6.45) is 5.55. The van der Waals surface area contributed by atoms with Crippen molar-refractivity contribution in [2.75, 3.05) is 0 Å². The Bertz CT molecular complexity index is 445. The van der Waals surface area contributed by atoms with Gasteiger partial charge in [-0.1, -0.05) is 12.2 Å². The van der Waals surface area contributed by atoms with E-state index in [-0.39, 0.29) is 18.0 Å². The topological polar surface area (TPSA) is 108 Å². The van der Waals surface area contributed by atoms with E-state index >= 15 is 0 Å². The SMILES string of the molecule is CC(NC(=O)NC1C=CC(C(=O)O)C1)C(=O)NC1CC1. The third-order valence-electron chi connectivity index (χ3n) is 3.38. The zero-order valence-electron chi connectivity index (χ0n) is 11.3. The van der Waals surface area contributed by atoms with Crippen molar-refractivity contribution in [2.45, 2.75) is 44.3 Å². The molecule has 2 rings (SSSR count). The molecule has 1 saturated carbocycles. The summed E-state index contributed by atoms with van der Waals surface area (Å²) in [5, 5.41) is 16.8. The number of carbonyl (C=O) groups excluding carboxylic acids is 2. The molecule has 0 aliphatic heterocycles.